The van der Waals surface area contributed by atoms with E-state index in [0.717, 1.165) is 23.2 Å². The monoisotopic (exact) mass is 642 g/mol. The second-order valence-corrected chi connectivity index (χ2v) is 13.7. The molecule has 1 amide bonds. The molecule has 1 aromatic heterocycles. The Balaban J connectivity index is 1.14. The van der Waals surface area contributed by atoms with E-state index >= 15 is 0 Å². The largest absolute Gasteiger partial charge is 0.474 e. The van der Waals surface area contributed by atoms with Gasteiger partial charge in [-0.05, 0) is 66.1 Å². The highest BCUT2D eigenvalue weighted by Gasteiger charge is 2.27. The molecular formula is C36H39FN4O4S. The Labute approximate surface area is 270 Å². The Bertz CT molecular complexity index is 1780. The molecule has 4 aromatic rings. The highest BCUT2D eigenvalue weighted by atomic mass is 32.2. The van der Waals surface area contributed by atoms with Crippen LogP contribution >= 0.6 is 0 Å². The van der Waals surface area contributed by atoms with Gasteiger partial charge in [-0.3, -0.25) is 4.79 Å². The summed E-state index contributed by atoms with van der Waals surface area (Å²) in [6.07, 6.45) is 4.75. The first-order valence-corrected chi connectivity index (χ1v) is 17.1. The van der Waals surface area contributed by atoms with Crippen LogP contribution in [0.4, 0.5) is 10.1 Å². The molecule has 0 saturated carbocycles. The maximum Gasteiger partial charge on any atom is 0.254 e. The quantitative estimate of drug-likeness (QED) is 0.220. The van der Waals surface area contributed by atoms with Gasteiger partial charge >= 0.3 is 0 Å². The first-order chi connectivity index (χ1) is 22.0. The number of hydrogen-bond acceptors (Lipinski definition) is 7. The Kier molecular flexibility index (Phi) is 10.1. The van der Waals surface area contributed by atoms with Crippen LogP contribution < -0.4 is 15.0 Å². The summed E-state index contributed by atoms with van der Waals surface area (Å²) in [7, 11) is 0.751. The topological polar surface area (TPSA) is 91.8 Å². The number of carbonyl (C=O) groups excluding carboxylic acids is 1. The molecule has 1 N–H and O–H groups in total. The molecule has 1 fully saturated rings. The second kappa shape index (κ2) is 14.2. The van der Waals surface area contributed by atoms with Crippen molar-refractivity contribution in [3.63, 3.8) is 0 Å². The predicted molar refractivity (Wildman–Crippen MR) is 180 cm³/mol. The first kappa shape index (κ1) is 32.7. The maximum atomic E-state index is 14.3. The fourth-order valence-electron chi connectivity index (χ4n) is 5.40. The Morgan fingerprint density at radius 2 is 1.65 bits per heavy atom. The zero-order chi connectivity index (χ0) is 32.8. The summed E-state index contributed by atoms with van der Waals surface area (Å²) in [5.41, 5.74) is 5.45. The number of nitrogens with zero attached hydrogens (tertiary/aromatic N) is 3. The van der Waals surface area contributed by atoms with Crippen molar-refractivity contribution in [2.45, 2.75) is 30.3 Å². The van der Waals surface area contributed by atoms with E-state index in [0.29, 0.717) is 49.6 Å². The van der Waals surface area contributed by atoms with Crippen molar-refractivity contribution in [2.24, 2.45) is 0 Å². The van der Waals surface area contributed by atoms with Gasteiger partial charge in [0, 0.05) is 87.6 Å². The van der Waals surface area contributed by atoms with Gasteiger partial charge in [0.15, 0.2) is 9.84 Å². The van der Waals surface area contributed by atoms with E-state index in [9.17, 15) is 17.6 Å². The smallest absolute Gasteiger partial charge is 0.254 e. The lowest BCUT2D eigenvalue weighted by molar-refractivity contribution is 0.0587. The van der Waals surface area contributed by atoms with Crippen LogP contribution in [0.5, 0.6) is 5.88 Å². The van der Waals surface area contributed by atoms with Gasteiger partial charge in [-0.2, -0.15) is 0 Å². The molecule has 2 heterocycles. The summed E-state index contributed by atoms with van der Waals surface area (Å²) in [6.45, 7) is 5.70. The van der Waals surface area contributed by atoms with E-state index in [1.807, 2.05) is 20.2 Å². The lowest BCUT2D eigenvalue weighted by Gasteiger charge is -2.32. The van der Waals surface area contributed by atoms with Crippen LogP contribution in [0.15, 0.2) is 96.5 Å². The summed E-state index contributed by atoms with van der Waals surface area (Å²) in [6, 6.07) is 22.9. The lowest BCUT2D eigenvalue weighted by atomic mass is 10.0. The van der Waals surface area contributed by atoms with Crippen molar-refractivity contribution < 1.29 is 22.3 Å². The van der Waals surface area contributed by atoms with E-state index in [-0.39, 0.29) is 22.5 Å². The molecule has 0 spiro atoms. The third kappa shape index (κ3) is 8.11. The van der Waals surface area contributed by atoms with Gasteiger partial charge in [-0.15, -0.1) is 0 Å². The van der Waals surface area contributed by atoms with E-state index in [2.05, 4.69) is 46.0 Å². The van der Waals surface area contributed by atoms with E-state index < -0.39 is 15.7 Å². The van der Waals surface area contributed by atoms with Crippen molar-refractivity contribution in [1.82, 2.24) is 15.2 Å². The van der Waals surface area contributed by atoms with Gasteiger partial charge in [0.25, 0.3) is 5.91 Å². The minimum atomic E-state index is -3.26. The molecule has 0 bridgehead atoms. The number of halogens is 1. The SMILES string of the molecule is C=C(NCCc1ccc(N(C)C)cc1)c1ccc(F)cc1C(=O)N1CCC(Oc2ccc(-c3ccc(S(C)(=O)=O)cc3)cn2)CC1. The Morgan fingerprint density at radius 1 is 0.978 bits per heavy atom. The van der Waals surface area contributed by atoms with Crippen molar-refractivity contribution >= 4 is 27.1 Å². The molecule has 5 rings (SSSR count). The minimum Gasteiger partial charge on any atom is -0.474 e. The standard InChI is InChI=1S/C36H39FN4O4S/c1-25(38-20-17-26-5-11-30(12-6-26)40(2)3)33-15-10-29(37)23-34(33)36(42)41-21-18-31(19-22-41)45-35-16-9-28(24-39-35)27-7-13-32(14-8-27)46(4,43)44/h5-16,23-24,31,38H,1,17-22H2,2-4H3. The van der Waals surface area contributed by atoms with Crippen molar-refractivity contribution in [3.05, 3.63) is 114 Å². The van der Waals surface area contributed by atoms with Crippen LogP contribution in [-0.2, 0) is 16.3 Å². The van der Waals surface area contributed by atoms with Crippen LogP contribution in [0.1, 0.15) is 34.3 Å². The number of anilines is 1. The molecule has 10 heteroatoms. The fraction of sp³-hybridized carbons (Fsp3) is 0.278. The second-order valence-electron chi connectivity index (χ2n) is 11.7. The molecule has 0 aliphatic carbocycles. The number of rotatable bonds is 11. The number of ether oxygens (including phenoxy) is 1. The molecular weight excluding hydrogens is 603 g/mol. The van der Waals surface area contributed by atoms with Crippen molar-refractivity contribution in [3.8, 4) is 17.0 Å². The van der Waals surface area contributed by atoms with Crippen molar-refractivity contribution in [1.29, 1.82) is 0 Å². The minimum absolute atomic E-state index is 0.119. The number of carbonyl (C=O) groups is 1. The van der Waals surface area contributed by atoms with Crippen LogP contribution in [0.3, 0.4) is 0 Å². The van der Waals surface area contributed by atoms with Crippen LogP contribution in [0.25, 0.3) is 16.8 Å². The molecule has 0 radical (unpaired) electrons. The highest BCUT2D eigenvalue weighted by molar-refractivity contribution is 7.90. The van der Waals surface area contributed by atoms with E-state index in [1.54, 1.807) is 47.5 Å². The number of piperidine rings is 1. The number of aromatic nitrogens is 1. The molecule has 1 aliphatic rings. The van der Waals surface area contributed by atoms with Gasteiger partial charge in [0.1, 0.15) is 11.9 Å². The lowest BCUT2D eigenvalue weighted by Crippen LogP contribution is -2.42. The summed E-state index contributed by atoms with van der Waals surface area (Å²) < 4.78 is 43.9. The number of sulfone groups is 1. The average Bonchev–Trinajstić information content (AvgIpc) is 3.05. The van der Waals surface area contributed by atoms with Gasteiger partial charge < -0.3 is 19.9 Å². The summed E-state index contributed by atoms with van der Waals surface area (Å²) in [4.78, 5) is 22.1. The summed E-state index contributed by atoms with van der Waals surface area (Å²) in [5, 5.41) is 3.31. The molecule has 0 unspecified atom stereocenters. The van der Waals surface area contributed by atoms with Crippen LogP contribution in [-0.4, -0.2) is 70.3 Å². The Hall–Kier alpha value is -4.70. The highest BCUT2D eigenvalue weighted by Crippen LogP contribution is 2.26. The zero-order valence-electron chi connectivity index (χ0n) is 26.4. The van der Waals surface area contributed by atoms with Crippen LogP contribution in [0, 0.1) is 5.82 Å². The van der Waals surface area contributed by atoms with Gasteiger partial charge in [-0.25, -0.2) is 17.8 Å². The van der Waals surface area contributed by atoms with Gasteiger partial charge in [0.2, 0.25) is 5.88 Å². The third-order valence-electron chi connectivity index (χ3n) is 8.11. The fourth-order valence-corrected chi connectivity index (χ4v) is 6.03. The molecule has 3 aromatic carbocycles. The Morgan fingerprint density at radius 3 is 2.26 bits per heavy atom. The van der Waals surface area contributed by atoms with Gasteiger partial charge in [-0.1, -0.05) is 30.8 Å². The summed E-state index contributed by atoms with van der Waals surface area (Å²) in [5.74, 6) is -0.232. The molecule has 8 nitrogen and oxygen atoms in total. The van der Waals surface area contributed by atoms with Crippen LogP contribution in [0.2, 0.25) is 0 Å². The number of hydrogen-bond donors (Lipinski definition) is 1. The molecule has 46 heavy (non-hydrogen) atoms. The number of likely N-dealkylation sites (tertiary alicyclic amines) is 1. The molecule has 240 valence electrons. The van der Waals surface area contributed by atoms with Gasteiger partial charge in [0.05, 0.1) is 10.5 Å². The molecule has 1 saturated heterocycles. The van der Waals surface area contributed by atoms with E-state index in [1.165, 1.54) is 24.0 Å². The zero-order valence-corrected chi connectivity index (χ0v) is 27.2. The number of amides is 1. The molecule has 0 atom stereocenters. The third-order valence-corrected chi connectivity index (χ3v) is 9.24. The summed E-state index contributed by atoms with van der Waals surface area (Å²) >= 11 is 0. The number of benzene rings is 3. The van der Waals surface area contributed by atoms with Crippen molar-refractivity contribution in [2.75, 3.05) is 44.9 Å². The number of nitrogens with one attached hydrogen (secondary N) is 1. The normalized spacial score (nSPS) is 13.7. The first-order valence-electron chi connectivity index (χ1n) is 15.2. The van der Waals surface area contributed by atoms with E-state index in [4.69, 9.17) is 4.74 Å². The predicted octanol–water partition coefficient (Wildman–Crippen LogP) is 5.84. The maximum absolute atomic E-state index is 14.3. The average molecular weight is 643 g/mol. The molecule has 1 aliphatic heterocycles. The number of pyridine rings is 1.